The Labute approximate surface area is 412 Å². The SMILES string of the molecule is c1ccc(-c2c3ccccc3c(-c3ccccc3)c3cc(-n4c5ccc(-c6ccc(-c7ccc8ccccc8c7)cc6)cc5c5cc(-c6ccc(-c7cccc8ccccc78)cc6)ccc54)ccc23)cc1. The average Bonchev–Trinajstić information content (AvgIpc) is 3.77. The normalized spacial score (nSPS) is 11.7. The van der Waals surface area contributed by atoms with Crippen molar-refractivity contribution in [1.29, 1.82) is 0 Å². The van der Waals surface area contributed by atoms with Gasteiger partial charge in [-0.25, -0.2) is 0 Å². The van der Waals surface area contributed by atoms with E-state index in [2.05, 4.69) is 278 Å². The predicted octanol–water partition coefficient (Wildman–Crippen LogP) is 19.4. The van der Waals surface area contributed by atoms with E-state index < -0.39 is 0 Å². The highest BCUT2D eigenvalue weighted by atomic mass is 15.0. The van der Waals surface area contributed by atoms with Crippen molar-refractivity contribution in [2.24, 2.45) is 0 Å². The summed E-state index contributed by atoms with van der Waals surface area (Å²) < 4.78 is 2.48. The maximum absolute atomic E-state index is 2.48. The van der Waals surface area contributed by atoms with Crippen LogP contribution in [0.4, 0.5) is 0 Å². The van der Waals surface area contributed by atoms with Gasteiger partial charge in [-0.15, -0.1) is 0 Å². The first-order valence-corrected chi connectivity index (χ1v) is 24.6. The van der Waals surface area contributed by atoms with Crippen LogP contribution in [0, 0.1) is 0 Å². The van der Waals surface area contributed by atoms with Gasteiger partial charge in [0.15, 0.2) is 0 Å². The Morgan fingerprint density at radius 3 is 1.24 bits per heavy atom. The van der Waals surface area contributed by atoms with Crippen molar-refractivity contribution < 1.29 is 0 Å². The zero-order valence-corrected chi connectivity index (χ0v) is 38.9. The standard InChI is InChI=1S/C70H45N/c1-3-16-52(17-4-1)69-61-23-11-12-24-62(61)70(53-18-5-2-6-19-53)66-45-58(38-39-63(66)69)71-67-40-36-56(48-28-26-47(27-29-48)55-35-32-46-14-7-8-20-54(46)42-55)43-64(67)65-44-57(37-41-68(65)71)49-30-33-51(34-31-49)60-25-13-21-50-15-9-10-22-59(50)60/h1-45H. The third-order valence-corrected chi connectivity index (χ3v) is 14.8. The van der Waals surface area contributed by atoms with Gasteiger partial charge >= 0.3 is 0 Å². The Morgan fingerprint density at radius 1 is 0.197 bits per heavy atom. The summed E-state index contributed by atoms with van der Waals surface area (Å²) in [4.78, 5) is 0. The summed E-state index contributed by atoms with van der Waals surface area (Å²) >= 11 is 0. The van der Waals surface area contributed by atoms with E-state index in [-0.39, 0.29) is 0 Å². The topological polar surface area (TPSA) is 4.93 Å². The Hall–Kier alpha value is -9.30. The van der Waals surface area contributed by atoms with Crippen LogP contribution in [-0.2, 0) is 0 Å². The molecule has 1 nitrogen and oxygen atoms in total. The average molecular weight is 900 g/mol. The third-order valence-electron chi connectivity index (χ3n) is 14.8. The monoisotopic (exact) mass is 899 g/mol. The molecule has 1 aromatic heterocycles. The lowest BCUT2D eigenvalue weighted by Gasteiger charge is -2.19. The van der Waals surface area contributed by atoms with Crippen LogP contribution in [-0.4, -0.2) is 4.57 Å². The summed E-state index contributed by atoms with van der Waals surface area (Å²) in [7, 11) is 0. The van der Waals surface area contributed by atoms with Crippen molar-refractivity contribution in [2.45, 2.75) is 0 Å². The lowest BCUT2D eigenvalue weighted by molar-refractivity contribution is 1.19. The van der Waals surface area contributed by atoms with Gasteiger partial charge in [-0.3, -0.25) is 0 Å². The van der Waals surface area contributed by atoms with Crippen molar-refractivity contribution >= 4 is 64.9 Å². The van der Waals surface area contributed by atoms with Gasteiger partial charge in [-0.2, -0.15) is 0 Å². The first-order valence-electron chi connectivity index (χ1n) is 24.6. The highest BCUT2D eigenvalue weighted by Crippen LogP contribution is 2.46. The molecule has 1 heteroatoms. The lowest BCUT2D eigenvalue weighted by atomic mass is 9.86. The molecule has 0 radical (unpaired) electrons. The lowest BCUT2D eigenvalue weighted by Crippen LogP contribution is -1.96. The largest absolute Gasteiger partial charge is 0.309 e. The summed E-state index contributed by atoms with van der Waals surface area (Å²) in [6.45, 7) is 0. The second kappa shape index (κ2) is 16.7. The Balaban J connectivity index is 0.957. The van der Waals surface area contributed by atoms with E-state index >= 15 is 0 Å². The zero-order chi connectivity index (χ0) is 46.8. The summed E-state index contributed by atoms with van der Waals surface area (Å²) in [6, 6.07) is 101. The van der Waals surface area contributed by atoms with E-state index in [9.17, 15) is 0 Å². The van der Waals surface area contributed by atoms with Gasteiger partial charge in [0.05, 0.1) is 11.0 Å². The molecule has 14 aromatic rings. The van der Waals surface area contributed by atoms with E-state index in [0.29, 0.717) is 0 Å². The van der Waals surface area contributed by atoms with Crippen LogP contribution in [0.25, 0.3) is 137 Å². The zero-order valence-electron chi connectivity index (χ0n) is 38.9. The molecule has 330 valence electrons. The molecule has 13 aromatic carbocycles. The molecule has 0 bridgehead atoms. The molecule has 0 amide bonds. The van der Waals surface area contributed by atoms with Crippen molar-refractivity contribution in [2.75, 3.05) is 0 Å². The highest BCUT2D eigenvalue weighted by Gasteiger charge is 2.20. The number of nitrogens with zero attached hydrogens (tertiary/aromatic N) is 1. The molecular formula is C70H45N. The molecule has 0 saturated heterocycles. The summed E-state index contributed by atoms with van der Waals surface area (Å²) in [5.74, 6) is 0. The van der Waals surface area contributed by atoms with Gasteiger partial charge in [0.1, 0.15) is 0 Å². The fraction of sp³-hybridized carbons (Fsp3) is 0. The molecule has 71 heavy (non-hydrogen) atoms. The number of hydrogen-bond acceptors (Lipinski definition) is 0. The van der Waals surface area contributed by atoms with E-state index in [0.717, 1.165) is 5.69 Å². The highest BCUT2D eigenvalue weighted by molar-refractivity contribution is 6.22. The van der Waals surface area contributed by atoms with Gasteiger partial charge in [-0.1, -0.05) is 231 Å². The van der Waals surface area contributed by atoms with Crippen molar-refractivity contribution in [3.63, 3.8) is 0 Å². The maximum atomic E-state index is 2.48. The Kier molecular flexibility index (Phi) is 9.60. The number of aromatic nitrogens is 1. The van der Waals surface area contributed by atoms with Crippen molar-refractivity contribution in [3.05, 3.63) is 273 Å². The van der Waals surface area contributed by atoms with Crippen LogP contribution in [0.5, 0.6) is 0 Å². The summed E-state index contributed by atoms with van der Waals surface area (Å²) in [5.41, 5.74) is 18.1. The van der Waals surface area contributed by atoms with E-state index in [1.165, 1.54) is 132 Å². The van der Waals surface area contributed by atoms with Crippen LogP contribution < -0.4 is 0 Å². The second-order valence-corrected chi connectivity index (χ2v) is 18.8. The number of fused-ring (bicyclic) bond motifs is 7. The van der Waals surface area contributed by atoms with Gasteiger partial charge in [-0.05, 0) is 152 Å². The summed E-state index contributed by atoms with van der Waals surface area (Å²) in [5, 5.41) is 12.4. The third kappa shape index (κ3) is 6.93. The van der Waals surface area contributed by atoms with Crippen LogP contribution >= 0.6 is 0 Å². The van der Waals surface area contributed by atoms with Crippen LogP contribution in [0.1, 0.15) is 0 Å². The molecule has 14 rings (SSSR count). The first-order chi connectivity index (χ1) is 35.2. The minimum Gasteiger partial charge on any atom is -0.309 e. The fourth-order valence-corrected chi connectivity index (χ4v) is 11.3. The molecule has 0 unspecified atom stereocenters. The minimum absolute atomic E-state index is 1.13. The van der Waals surface area contributed by atoms with Gasteiger partial charge < -0.3 is 4.57 Å². The predicted molar refractivity (Wildman–Crippen MR) is 303 cm³/mol. The molecule has 0 saturated carbocycles. The smallest absolute Gasteiger partial charge is 0.0541 e. The van der Waals surface area contributed by atoms with E-state index in [1.807, 2.05) is 0 Å². The van der Waals surface area contributed by atoms with E-state index in [1.54, 1.807) is 0 Å². The minimum atomic E-state index is 1.13. The van der Waals surface area contributed by atoms with E-state index in [4.69, 9.17) is 0 Å². The van der Waals surface area contributed by atoms with Crippen LogP contribution in [0.2, 0.25) is 0 Å². The van der Waals surface area contributed by atoms with Gasteiger partial charge in [0, 0.05) is 16.5 Å². The first kappa shape index (κ1) is 40.7. The van der Waals surface area contributed by atoms with Crippen molar-refractivity contribution in [1.82, 2.24) is 4.57 Å². The number of benzene rings is 13. The number of hydrogen-bond donors (Lipinski definition) is 0. The van der Waals surface area contributed by atoms with Gasteiger partial charge in [0.2, 0.25) is 0 Å². The van der Waals surface area contributed by atoms with Gasteiger partial charge in [0.25, 0.3) is 0 Å². The van der Waals surface area contributed by atoms with Crippen LogP contribution in [0.15, 0.2) is 273 Å². The molecule has 1 heterocycles. The van der Waals surface area contributed by atoms with Crippen LogP contribution in [0.3, 0.4) is 0 Å². The fourth-order valence-electron chi connectivity index (χ4n) is 11.3. The molecule has 0 atom stereocenters. The molecule has 0 aliphatic heterocycles. The summed E-state index contributed by atoms with van der Waals surface area (Å²) in [6.07, 6.45) is 0. The molecule has 0 N–H and O–H groups in total. The number of rotatable bonds is 7. The molecular weight excluding hydrogens is 855 g/mol. The Bertz CT molecular complexity index is 4350. The Morgan fingerprint density at radius 2 is 0.634 bits per heavy atom. The quantitative estimate of drug-likeness (QED) is 0.141. The maximum Gasteiger partial charge on any atom is 0.0541 e. The molecule has 0 aliphatic rings. The second-order valence-electron chi connectivity index (χ2n) is 18.8. The molecule has 0 aliphatic carbocycles. The van der Waals surface area contributed by atoms with Crippen molar-refractivity contribution in [3.8, 4) is 72.4 Å². The molecule has 0 spiro atoms. The molecule has 0 fully saturated rings.